The van der Waals surface area contributed by atoms with Crippen LogP contribution in [0.3, 0.4) is 0 Å². The Morgan fingerprint density at radius 1 is 0.903 bits per heavy atom. The van der Waals surface area contributed by atoms with E-state index in [9.17, 15) is 26.4 Å². The first-order chi connectivity index (χ1) is 14.5. The highest BCUT2D eigenvalue weighted by molar-refractivity contribution is 7.89. The molecule has 168 valence electrons. The summed E-state index contributed by atoms with van der Waals surface area (Å²) in [5, 5.41) is 7.44. The van der Waals surface area contributed by atoms with E-state index >= 15 is 0 Å². The fourth-order valence-corrected chi connectivity index (χ4v) is 4.59. The van der Waals surface area contributed by atoms with Crippen LogP contribution in [0.4, 0.5) is 5.69 Å². The second kappa shape index (κ2) is 10.0. The van der Waals surface area contributed by atoms with Gasteiger partial charge in [-0.25, -0.2) is 26.8 Å². The summed E-state index contributed by atoms with van der Waals surface area (Å²) in [6.45, 7) is 3.51. The Balaban J connectivity index is 1.96. The quantitative estimate of drug-likeness (QED) is 0.523. The van der Waals surface area contributed by atoms with Gasteiger partial charge in [-0.15, -0.1) is 0 Å². The number of nitrogens with one attached hydrogen (secondary N) is 1. The molecule has 0 radical (unpaired) electrons. The second-order valence-corrected chi connectivity index (χ2v) is 9.81. The number of benzene rings is 2. The standard InChI is InChI=1S/C19H23N3O7S2/c1-3-22(4-2)31(27,28)17-9-5-14(6-10-17)19(24)29-13-18(23)21-15-7-11-16(12-8-15)30(20,25)26/h5-12H,3-4,13H2,1-2H3,(H,21,23)(H2,20,25,26). The number of carbonyl (C=O) groups excluding carboxylic acids is 2. The van der Waals surface area contributed by atoms with Crippen LogP contribution in [-0.2, 0) is 29.6 Å². The van der Waals surface area contributed by atoms with E-state index in [2.05, 4.69) is 5.32 Å². The van der Waals surface area contributed by atoms with Gasteiger partial charge in [0.05, 0.1) is 15.4 Å². The maximum Gasteiger partial charge on any atom is 0.338 e. The molecule has 0 bridgehead atoms. The Bertz CT molecular complexity index is 1140. The molecule has 0 fully saturated rings. The Morgan fingerprint density at radius 3 is 1.90 bits per heavy atom. The van der Waals surface area contributed by atoms with Crippen molar-refractivity contribution >= 4 is 37.6 Å². The van der Waals surface area contributed by atoms with Crippen LogP contribution >= 0.6 is 0 Å². The molecule has 0 spiro atoms. The molecule has 2 aromatic rings. The number of anilines is 1. The second-order valence-electron chi connectivity index (χ2n) is 6.31. The van der Waals surface area contributed by atoms with Crippen molar-refractivity contribution in [2.75, 3.05) is 25.0 Å². The largest absolute Gasteiger partial charge is 0.452 e. The normalized spacial score (nSPS) is 11.9. The topological polar surface area (TPSA) is 153 Å². The molecule has 3 N–H and O–H groups in total. The maximum absolute atomic E-state index is 12.5. The van der Waals surface area contributed by atoms with Crippen molar-refractivity contribution in [3.8, 4) is 0 Å². The highest BCUT2D eigenvalue weighted by Gasteiger charge is 2.22. The summed E-state index contributed by atoms with van der Waals surface area (Å²) in [5.74, 6) is -1.44. The molecule has 0 saturated carbocycles. The van der Waals surface area contributed by atoms with Gasteiger partial charge in [0.1, 0.15) is 0 Å². The predicted octanol–water partition coefficient (Wildman–Crippen LogP) is 1.16. The van der Waals surface area contributed by atoms with E-state index in [-0.39, 0.29) is 15.4 Å². The average Bonchev–Trinajstić information content (AvgIpc) is 2.72. The van der Waals surface area contributed by atoms with Gasteiger partial charge >= 0.3 is 5.97 Å². The third-order valence-electron chi connectivity index (χ3n) is 4.23. The Hall–Kier alpha value is -2.80. The lowest BCUT2D eigenvalue weighted by Crippen LogP contribution is -2.30. The van der Waals surface area contributed by atoms with Crippen LogP contribution in [0.15, 0.2) is 58.3 Å². The molecular formula is C19H23N3O7S2. The minimum absolute atomic E-state index is 0.0495. The van der Waals surface area contributed by atoms with Crippen molar-refractivity contribution in [3.63, 3.8) is 0 Å². The van der Waals surface area contributed by atoms with Gasteiger partial charge < -0.3 is 10.1 Å². The zero-order valence-corrected chi connectivity index (χ0v) is 18.6. The van der Waals surface area contributed by atoms with Crippen molar-refractivity contribution in [2.45, 2.75) is 23.6 Å². The maximum atomic E-state index is 12.5. The average molecular weight is 470 g/mol. The molecule has 0 heterocycles. The fraction of sp³-hybridized carbons (Fsp3) is 0.263. The number of ether oxygens (including phenoxy) is 1. The van der Waals surface area contributed by atoms with Gasteiger partial charge in [-0.05, 0) is 48.5 Å². The number of primary sulfonamides is 1. The van der Waals surface area contributed by atoms with E-state index in [0.717, 1.165) is 0 Å². The van der Waals surface area contributed by atoms with E-state index in [1.807, 2.05) is 0 Å². The molecule has 1 amide bonds. The van der Waals surface area contributed by atoms with Crippen LogP contribution in [0.5, 0.6) is 0 Å². The Labute approximate surface area is 181 Å². The third kappa shape index (κ3) is 6.34. The molecular weight excluding hydrogens is 446 g/mol. The predicted molar refractivity (Wildman–Crippen MR) is 113 cm³/mol. The molecule has 2 aromatic carbocycles. The summed E-state index contributed by atoms with van der Waals surface area (Å²) in [4.78, 5) is 24.0. The minimum Gasteiger partial charge on any atom is -0.452 e. The highest BCUT2D eigenvalue weighted by atomic mass is 32.2. The van der Waals surface area contributed by atoms with E-state index in [0.29, 0.717) is 18.8 Å². The van der Waals surface area contributed by atoms with Gasteiger partial charge in [0, 0.05) is 18.8 Å². The zero-order chi connectivity index (χ0) is 23.2. The number of hydrogen-bond acceptors (Lipinski definition) is 7. The van der Waals surface area contributed by atoms with Gasteiger partial charge in [-0.1, -0.05) is 13.8 Å². The number of sulfonamides is 2. The molecule has 0 saturated heterocycles. The van der Waals surface area contributed by atoms with Gasteiger partial charge in [0.25, 0.3) is 5.91 Å². The molecule has 2 rings (SSSR count). The summed E-state index contributed by atoms with van der Waals surface area (Å²) < 4.78 is 53.6. The van der Waals surface area contributed by atoms with Crippen molar-refractivity contribution in [2.24, 2.45) is 5.14 Å². The van der Waals surface area contributed by atoms with Gasteiger partial charge in [-0.3, -0.25) is 4.79 Å². The van der Waals surface area contributed by atoms with E-state index < -0.39 is 38.5 Å². The van der Waals surface area contributed by atoms with Crippen LogP contribution in [-0.4, -0.2) is 52.7 Å². The molecule has 31 heavy (non-hydrogen) atoms. The number of nitrogens with zero attached hydrogens (tertiary/aromatic N) is 1. The Kier molecular flexibility index (Phi) is 7.90. The summed E-state index contributed by atoms with van der Waals surface area (Å²) in [5.41, 5.74) is 0.378. The highest BCUT2D eigenvalue weighted by Crippen LogP contribution is 2.17. The lowest BCUT2D eigenvalue weighted by Gasteiger charge is -2.18. The summed E-state index contributed by atoms with van der Waals surface area (Å²) in [6, 6.07) is 10.4. The smallest absolute Gasteiger partial charge is 0.338 e. The van der Waals surface area contributed by atoms with E-state index in [1.54, 1.807) is 13.8 Å². The zero-order valence-electron chi connectivity index (χ0n) is 16.9. The summed E-state index contributed by atoms with van der Waals surface area (Å²) in [7, 11) is -7.49. The first-order valence-electron chi connectivity index (χ1n) is 9.19. The van der Waals surface area contributed by atoms with Crippen molar-refractivity contribution in [1.82, 2.24) is 4.31 Å². The summed E-state index contributed by atoms with van der Waals surface area (Å²) >= 11 is 0. The number of amides is 1. The van der Waals surface area contributed by atoms with Crippen molar-refractivity contribution in [1.29, 1.82) is 0 Å². The molecule has 0 aromatic heterocycles. The number of carbonyl (C=O) groups is 2. The van der Waals surface area contributed by atoms with Crippen LogP contribution in [0.2, 0.25) is 0 Å². The SMILES string of the molecule is CCN(CC)S(=O)(=O)c1ccc(C(=O)OCC(=O)Nc2ccc(S(N)(=O)=O)cc2)cc1. The molecule has 0 atom stereocenters. The number of esters is 1. The monoisotopic (exact) mass is 469 g/mol. The number of rotatable bonds is 9. The number of hydrogen-bond donors (Lipinski definition) is 2. The molecule has 12 heteroatoms. The van der Waals surface area contributed by atoms with Crippen LogP contribution in [0.1, 0.15) is 24.2 Å². The van der Waals surface area contributed by atoms with Gasteiger partial charge in [-0.2, -0.15) is 4.31 Å². The third-order valence-corrected chi connectivity index (χ3v) is 7.23. The summed E-state index contributed by atoms with van der Waals surface area (Å²) in [6.07, 6.45) is 0. The van der Waals surface area contributed by atoms with E-state index in [1.165, 1.54) is 52.8 Å². The first kappa shape index (κ1) is 24.5. The molecule has 10 nitrogen and oxygen atoms in total. The fourth-order valence-electron chi connectivity index (χ4n) is 2.62. The van der Waals surface area contributed by atoms with Crippen molar-refractivity contribution < 1.29 is 31.2 Å². The van der Waals surface area contributed by atoms with Crippen LogP contribution in [0, 0.1) is 0 Å². The van der Waals surface area contributed by atoms with Crippen molar-refractivity contribution in [3.05, 3.63) is 54.1 Å². The van der Waals surface area contributed by atoms with Gasteiger partial charge in [0.2, 0.25) is 20.0 Å². The molecule has 0 unspecified atom stereocenters. The first-order valence-corrected chi connectivity index (χ1v) is 12.2. The Morgan fingerprint density at radius 2 is 1.42 bits per heavy atom. The molecule has 0 aliphatic heterocycles. The van der Waals surface area contributed by atoms with Gasteiger partial charge in [0.15, 0.2) is 6.61 Å². The lowest BCUT2D eigenvalue weighted by atomic mass is 10.2. The molecule has 0 aliphatic rings. The lowest BCUT2D eigenvalue weighted by molar-refractivity contribution is -0.119. The van der Waals surface area contributed by atoms with Crippen LogP contribution in [0.25, 0.3) is 0 Å². The van der Waals surface area contributed by atoms with Crippen LogP contribution < -0.4 is 10.5 Å². The minimum atomic E-state index is -3.84. The molecule has 0 aliphatic carbocycles. The number of nitrogens with two attached hydrogens (primary N) is 1. The van der Waals surface area contributed by atoms with E-state index in [4.69, 9.17) is 9.88 Å².